The molecule has 2 rings (SSSR count). The number of rotatable bonds is 6. The zero-order valence-electron chi connectivity index (χ0n) is 12.8. The summed E-state index contributed by atoms with van der Waals surface area (Å²) in [5.74, 6) is 1.06. The van der Waals surface area contributed by atoms with Crippen LogP contribution in [0.3, 0.4) is 0 Å². The van der Waals surface area contributed by atoms with Crippen LogP contribution in [0, 0.1) is 0 Å². The molecule has 0 atom stereocenters. The van der Waals surface area contributed by atoms with Gasteiger partial charge >= 0.3 is 0 Å². The number of nitrogens with zero attached hydrogens (tertiary/aromatic N) is 1. The van der Waals surface area contributed by atoms with E-state index < -0.39 is 0 Å². The normalized spacial score (nSPS) is 10.6. The lowest BCUT2D eigenvalue weighted by Crippen LogP contribution is -2.24. The summed E-state index contributed by atoms with van der Waals surface area (Å²) in [4.78, 5) is 0. The Morgan fingerprint density at radius 2 is 1.92 bits per heavy atom. The van der Waals surface area contributed by atoms with Gasteiger partial charge in [-0.15, -0.1) is 0 Å². The molecule has 0 aliphatic carbocycles. The van der Waals surface area contributed by atoms with E-state index in [4.69, 9.17) is 50.6 Å². The molecule has 0 aliphatic heterocycles. The first-order chi connectivity index (χ1) is 11.5. The van der Waals surface area contributed by atoms with Crippen molar-refractivity contribution in [2.45, 2.75) is 6.61 Å². The monoisotopic (exact) mass is 383 g/mol. The van der Waals surface area contributed by atoms with Crippen LogP contribution in [-0.4, -0.2) is 18.4 Å². The third-order valence-electron chi connectivity index (χ3n) is 3.03. The van der Waals surface area contributed by atoms with Gasteiger partial charge in [-0.05, 0) is 36.5 Å². The maximum absolute atomic E-state index is 6.17. The minimum atomic E-state index is 0.0689. The number of halogens is 2. The van der Waals surface area contributed by atoms with Crippen LogP contribution < -0.4 is 20.6 Å². The molecule has 0 saturated heterocycles. The number of ether oxygens (including phenoxy) is 2. The lowest BCUT2D eigenvalue weighted by atomic mass is 10.2. The van der Waals surface area contributed by atoms with Crippen molar-refractivity contribution >= 4 is 46.7 Å². The third kappa shape index (κ3) is 4.74. The van der Waals surface area contributed by atoms with E-state index in [0.29, 0.717) is 32.7 Å². The Balaban J connectivity index is 2.27. The summed E-state index contributed by atoms with van der Waals surface area (Å²) in [6.45, 7) is 0.183. The molecular formula is C16H15Cl2N3O2S. The Morgan fingerprint density at radius 1 is 1.25 bits per heavy atom. The Kier molecular flexibility index (Phi) is 6.66. The Morgan fingerprint density at radius 3 is 2.54 bits per heavy atom. The number of hydrogen-bond donors (Lipinski definition) is 2. The molecule has 0 radical (unpaired) electrons. The molecule has 3 N–H and O–H groups in total. The fourth-order valence-corrected chi connectivity index (χ4v) is 2.49. The molecule has 2 aromatic carbocycles. The van der Waals surface area contributed by atoms with Crippen LogP contribution in [0.1, 0.15) is 11.1 Å². The van der Waals surface area contributed by atoms with Gasteiger partial charge in [0.05, 0.1) is 13.3 Å². The third-order valence-corrected chi connectivity index (χ3v) is 3.83. The highest BCUT2D eigenvalue weighted by atomic mass is 35.5. The summed E-state index contributed by atoms with van der Waals surface area (Å²) in [5.41, 5.74) is 9.20. The van der Waals surface area contributed by atoms with Crippen LogP contribution in [0.4, 0.5) is 0 Å². The topological polar surface area (TPSA) is 68.9 Å². The van der Waals surface area contributed by atoms with Crippen molar-refractivity contribution in [3.05, 3.63) is 57.6 Å². The van der Waals surface area contributed by atoms with Crippen molar-refractivity contribution in [3.63, 3.8) is 0 Å². The van der Waals surface area contributed by atoms with E-state index in [9.17, 15) is 0 Å². The summed E-state index contributed by atoms with van der Waals surface area (Å²) in [6, 6.07) is 10.7. The second-order valence-electron chi connectivity index (χ2n) is 4.60. The highest BCUT2D eigenvalue weighted by Crippen LogP contribution is 2.32. The lowest BCUT2D eigenvalue weighted by molar-refractivity contribution is 0.284. The second-order valence-corrected chi connectivity index (χ2v) is 5.86. The van der Waals surface area contributed by atoms with Gasteiger partial charge in [-0.25, -0.2) is 0 Å². The predicted octanol–water partition coefficient (Wildman–Crippen LogP) is 3.75. The molecule has 0 unspecified atom stereocenters. The average Bonchev–Trinajstić information content (AvgIpc) is 2.54. The van der Waals surface area contributed by atoms with Crippen LogP contribution in [-0.2, 0) is 6.61 Å². The number of nitrogens with one attached hydrogen (secondary N) is 1. The molecule has 0 bridgehead atoms. The number of benzene rings is 2. The summed E-state index contributed by atoms with van der Waals surface area (Å²) < 4.78 is 11.2. The van der Waals surface area contributed by atoms with E-state index in [2.05, 4.69) is 10.5 Å². The fourth-order valence-electron chi connectivity index (χ4n) is 1.93. The van der Waals surface area contributed by atoms with E-state index in [1.165, 1.54) is 6.21 Å². The first-order valence-electron chi connectivity index (χ1n) is 6.84. The van der Waals surface area contributed by atoms with Crippen molar-refractivity contribution in [1.82, 2.24) is 5.43 Å². The van der Waals surface area contributed by atoms with Crippen molar-refractivity contribution in [3.8, 4) is 11.5 Å². The smallest absolute Gasteiger partial charge is 0.184 e. The van der Waals surface area contributed by atoms with Crippen molar-refractivity contribution < 1.29 is 9.47 Å². The standard InChI is InChI=1S/C16H15Cl2N3O2S/c1-22-14-7-2-4-10(8-20-21-16(19)24)15(14)23-9-11-12(17)5-3-6-13(11)18/h2-8H,9H2,1H3,(H3,19,21,24)/b20-8+. The van der Waals surface area contributed by atoms with E-state index in [-0.39, 0.29) is 11.7 Å². The predicted molar refractivity (Wildman–Crippen MR) is 101 cm³/mol. The van der Waals surface area contributed by atoms with E-state index in [1.54, 1.807) is 31.4 Å². The van der Waals surface area contributed by atoms with Gasteiger partial charge in [0.25, 0.3) is 0 Å². The summed E-state index contributed by atoms with van der Waals surface area (Å²) >= 11 is 17.0. The van der Waals surface area contributed by atoms with E-state index in [1.807, 2.05) is 12.1 Å². The van der Waals surface area contributed by atoms with E-state index >= 15 is 0 Å². The Bertz CT molecular complexity index is 749. The number of nitrogens with two attached hydrogens (primary N) is 1. The zero-order valence-corrected chi connectivity index (χ0v) is 15.1. The minimum Gasteiger partial charge on any atom is -0.493 e. The van der Waals surface area contributed by atoms with Gasteiger partial charge in [-0.3, -0.25) is 5.43 Å². The number of methoxy groups -OCH3 is 1. The lowest BCUT2D eigenvalue weighted by Gasteiger charge is -2.14. The molecule has 8 heteroatoms. The molecule has 0 fully saturated rings. The number of thiocarbonyl (C=S) groups is 1. The molecule has 5 nitrogen and oxygen atoms in total. The summed E-state index contributed by atoms with van der Waals surface area (Å²) in [7, 11) is 1.55. The van der Waals surface area contributed by atoms with Crippen LogP contribution in [0.15, 0.2) is 41.5 Å². The van der Waals surface area contributed by atoms with Gasteiger partial charge < -0.3 is 15.2 Å². The minimum absolute atomic E-state index is 0.0689. The molecule has 0 spiro atoms. The maximum Gasteiger partial charge on any atom is 0.184 e. The zero-order chi connectivity index (χ0) is 17.5. The van der Waals surface area contributed by atoms with Gasteiger partial charge in [0.1, 0.15) is 6.61 Å². The molecule has 0 amide bonds. The van der Waals surface area contributed by atoms with Gasteiger partial charge in [0.2, 0.25) is 0 Å². The van der Waals surface area contributed by atoms with Crippen molar-refractivity contribution in [1.29, 1.82) is 0 Å². The summed E-state index contributed by atoms with van der Waals surface area (Å²) in [6.07, 6.45) is 1.53. The molecule has 0 saturated carbocycles. The number of hydrogen-bond acceptors (Lipinski definition) is 4. The fraction of sp³-hybridized carbons (Fsp3) is 0.125. The van der Waals surface area contributed by atoms with Gasteiger partial charge in [0.15, 0.2) is 16.6 Å². The highest BCUT2D eigenvalue weighted by molar-refractivity contribution is 7.80. The van der Waals surface area contributed by atoms with Gasteiger partial charge in [-0.1, -0.05) is 35.3 Å². The molecule has 24 heavy (non-hydrogen) atoms. The molecule has 0 aliphatic rings. The number of para-hydroxylation sites is 1. The van der Waals surface area contributed by atoms with Gasteiger partial charge in [-0.2, -0.15) is 5.10 Å². The molecular weight excluding hydrogens is 369 g/mol. The highest BCUT2D eigenvalue weighted by Gasteiger charge is 2.12. The van der Waals surface area contributed by atoms with Crippen LogP contribution in [0.2, 0.25) is 10.0 Å². The molecule has 0 heterocycles. The van der Waals surface area contributed by atoms with E-state index in [0.717, 1.165) is 0 Å². The van der Waals surface area contributed by atoms with Crippen molar-refractivity contribution in [2.75, 3.05) is 7.11 Å². The first kappa shape index (κ1) is 18.3. The second kappa shape index (κ2) is 8.73. The first-order valence-corrected chi connectivity index (χ1v) is 8.00. The molecule has 126 valence electrons. The van der Waals surface area contributed by atoms with Gasteiger partial charge in [0, 0.05) is 21.2 Å². The Labute approximate surface area is 155 Å². The summed E-state index contributed by atoms with van der Waals surface area (Å²) in [5, 5.41) is 5.07. The SMILES string of the molecule is COc1cccc(/C=N/NC(N)=S)c1OCc1c(Cl)cccc1Cl. The molecule has 0 aromatic heterocycles. The van der Waals surface area contributed by atoms with Crippen molar-refractivity contribution in [2.24, 2.45) is 10.8 Å². The van der Waals surface area contributed by atoms with Crippen LogP contribution in [0.5, 0.6) is 11.5 Å². The van der Waals surface area contributed by atoms with Crippen LogP contribution in [0.25, 0.3) is 0 Å². The maximum atomic E-state index is 6.17. The molecule has 2 aromatic rings. The number of hydrazone groups is 1. The Hall–Kier alpha value is -2.02. The van der Waals surface area contributed by atoms with Crippen LogP contribution >= 0.6 is 35.4 Å². The average molecular weight is 384 g/mol. The quantitative estimate of drug-likeness (QED) is 0.451. The largest absolute Gasteiger partial charge is 0.493 e.